The summed E-state index contributed by atoms with van der Waals surface area (Å²) in [6.45, 7) is 10.8. The van der Waals surface area contributed by atoms with Gasteiger partial charge in [-0.25, -0.2) is 0 Å². The first-order valence-corrected chi connectivity index (χ1v) is 6.35. The van der Waals surface area contributed by atoms with Gasteiger partial charge in [-0.15, -0.1) is 0 Å². The van der Waals surface area contributed by atoms with Crippen LogP contribution in [0.5, 0.6) is 0 Å². The molecule has 0 unspecified atom stereocenters. The van der Waals surface area contributed by atoms with Crippen LogP contribution in [0.4, 0.5) is 0 Å². The quantitative estimate of drug-likeness (QED) is 0.607. The van der Waals surface area contributed by atoms with Gasteiger partial charge >= 0.3 is 0 Å². The van der Waals surface area contributed by atoms with Gasteiger partial charge in [-0.1, -0.05) is 49.6 Å². The van der Waals surface area contributed by atoms with Crippen LogP contribution < -0.4 is 0 Å². The molecule has 0 radical (unpaired) electrons. The predicted molar refractivity (Wildman–Crippen MR) is 82.2 cm³/mol. The summed E-state index contributed by atoms with van der Waals surface area (Å²) in [6, 6.07) is 10.8. The Morgan fingerprint density at radius 2 is 1.10 bits per heavy atom. The molecule has 0 amide bonds. The van der Waals surface area contributed by atoms with Crippen molar-refractivity contribution in [2.45, 2.75) is 13.8 Å². The van der Waals surface area contributed by atoms with Gasteiger partial charge in [-0.05, 0) is 35.8 Å². The summed E-state index contributed by atoms with van der Waals surface area (Å²) in [5.74, 6) is -0.203. The minimum Gasteiger partial charge on any atom is -0.289 e. The molecule has 0 fully saturated rings. The third-order valence-electron chi connectivity index (χ3n) is 3.19. The van der Waals surface area contributed by atoms with E-state index in [1.165, 1.54) is 0 Å². The minimum atomic E-state index is -0.101. The van der Waals surface area contributed by atoms with E-state index in [1.807, 2.05) is 12.1 Å². The standard InChI is InChI=1S/C18H16O2/c1-11(2)17(19)15-9-5-8-14-13(15)7-6-10-16(14)18(20)12(3)4/h5-10H,1,3H2,2,4H3. The molecule has 0 N–H and O–H groups in total. The smallest absolute Gasteiger partial charge is 0.188 e. The van der Waals surface area contributed by atoms with Crippen LogP contribution in [0.15, 0.2) is 60.7 Å². The van der Waals surface area contributed by atoms with Crippen LogP contribution in [0.2, 0.25) is 0 Å². The van der Waals surface area contributed by atoms with E-state index in [2.05, 4.69) is 13.2 Å². The number of rotatable bonds is 4. The lowest BCUT2D eigenvalue weighted by atomic mass is 9.93. The number of carbonyl (C=O) groups is 2. The number of hydrogen-bond donors (Lipinski definition) is 0. The number of carbonyl (C=O) groups excluding carboxylic acids is 2. The lowest BCUT2D eigenvalue weighted by Gasteiger charge is -2.09. The van der Waals surface area contributed by atoms with Gasteiger partial charge in [-0.3, -0.25) is 9.59 Å². The molecule has 0 saturated heterocycles. The van der Waals surface area contributed by atoms with Crippen molar-refractivity contribution < 1.29 is 9.59 Å². The van der Waals surface area contributed by atoms with E-state index in [-0.39, 0.29) is 11.6 Å². The first-order chi connectivity index (χ1) is 9.43. The first-order valence-electron chi connectivity index (χ1n) is 6.35. The zero-order valence-electron chi connectivity index (χ0n) is 11.7. The van der Waals surface area contributed by atoms with Crippen LogP contribution in [0.3, 0.4) is 0 Å². The molecule has 100 valence electrons. The predicted octanol–water partition coefficient (Wildman–Crippen LogP) is 4.36. The molecular weight excluding hydrogens is 248 g/mol. The summed E-state index contributed by atoms with van der Waals surface area (Å²) in [6.07, 6.45) is 0. The summed E-state index contributed by atoms with van der Waals surface area (Å²) in [4.78, 5) is 24.3. The Morgan fingerprint density at radius 3 is 1.40 bits per heavy atom. The topological polar surface area (TPSA) is 34.1 Å². The number of Topliss-reactive ketones (excluding diaryl/α,β-unsaturated/α-hetero) is 2. The van der Waals surface area contributed by atoms with Crippen molar-refractivity contribution in [2.24, 2.45) is 0 Å². The summed E-state index contributed by atoms with van der Waals surface area (Å²) in [7, 11) is 0. The number of hydrogen-bond acceptors (Lipinski definition) is 2. The maximum absolute atomic E-state index is 12.2. The van der Waals surface area contributed by atoms with Crippen molar-refractivity contribution in [3.63, 3.8) is 0 Å². The summed E-state index contributed by atoms with van der Waals surface area (Å²) in [5.41, 5.74) is 2.11. The van der Waals surface area contributed by atoms with Crippen LogP contribution in [-0.2, 0) is 0 Å². The van der Waals surface area contributed by atoms with E-state index in [9.17, 15) is 9.59 Å². The fraction of sp³-hybridized carbons (Fsp3) is 0.111. The SMILES string of the molecule is C=C(C)C(=O)c1cccc2c(C(=O)C(=C)C)cccc12. The molecule has 0 aliphatic rings. The van der Waals surface area contributed by atoms with E-state index in [0.29, 0.717) is 22.3 Å². The van der Waals surface area contributed by atoms with E-state index < -0.39 is 0 Å². The molecule has 0 spiro atoms. The van der Waals surface area contributed by atoms with Gasteiger partial charge in [-0.2, -0.15) is 0 Å². The van der Waals surface area contributed by atoms with Crippen LogP contribution >= 0.6 is 0 Å². The zero-order valence-corrected chi connectivity index (χ0v) is 11.7. The van der Waals surface area contributed by atoms with Crippen LogP contribution in [-0.4, -0.2) is 11.6 Å². The zero-order chi connectivity index (χ0) is 14.9. The number of allylic oxidation sites excluding steroid dienone is 2. The monoisotopic (exact) mass is 264 g/mol. The van der Waals surface area contributed by atoms with Crippen molar-refractivity contribution in [3.8, 4) is 0 Å². The van der Waals surface area contributed by atoms with Crippen LogP contribution in [0, 0.1) is 0 Å². The molecule has 2 aromatic carbocycles. The third kappa shape index (κ3) is 2.32. The molecule has 0 aromatic heterocycles. The van der Waals surface area contributed by atoms with E-state index >= 15 is 0 Å². The fourth-order valence-electron chi connectivity index (χ4n) is 2.17. The largest absolute Gasteiger partial charge is 0.289 e. The highest BCUT2D eigenvalue weighted by molar-refractivity contribution is 6.21. The Balaban J connectivity index is 2.76. The Labute approximate surface area is 118 Å². The van der Waals surface area contributed by atoms with Crippen molar-refractivity contribution in [2.75, 3.05) is 0 Å². The van der Waals surface area contributed by atoms with Gasteiger partial charge in [0.1, 0.15) is 0 Å². The average molecular weight is 264 g/mol. The first kappa shape index (κ1) is 13.9. The highest BCUT2D eigenvalue weighted by Crippen LogP contribution is 2.25. The molecular formula is C18H16O2. The normalized spacial score (nSPS) is 10.3. The summed E-state index contributed by atoms with van der Waals surface area (Å²) in [5, 5.41) is 1.54. The number of fused-ring (bicyclic) bond motifs is 1. The highest BCUT2D eigenvalue weighted by Gasteiger charge is 2.15. The molecule has 20 heavy (non-hydrogen) atoms. The summed E-state index contributed by atoms with van der Waals surface area (Å²) >= 11 is 0. The second-order valence-electron chi connectivity index (χ2n) is 4.93. The van der Waals surface area contributed by atoms with Crippen molar-refractivity contribution in [3.05, 3.63) is 71.8 Å². The molecule has 0 heterocycles. The van der Waals surface area contributed by atoms with E-state index in [4.69, 9.17) is 0 Å². The molecule has 2 nitrogen and oxygen atoms in total. The molecule has 0 bridgehead atoms. The molecule has 0 atom stereocenters. The fourth-order valence-corrected chi connectivity index (χ4v) is 2.17. The van der Waals surface area contributed by atoms with Crippen molar-refractivity contribution in [1.29, 1.82) is 0 Å². The van der Waals surface area contributed by atoms with Gasteiger partial charge in [0.25, 0.3) is 0 Å². The Hall–Kier alpha value is -2.48. The van der Waals surface area contributed by atoms with Gasteiger partial charge in [0.2, 0.25) is 0 Å². The lowest BCUT2D eigenvalue weighted by molar-refractivity contribution is 0.102. The Morgan fingerprint density at radius 1 is 0.750 bits per heavy atom. The number of benzene rings is 2. The average Bonchev–Trinajstić information content (AvgIpc) is 2.44. The molecule has 2 rings (SSSR count). The molecule has 0 aliphatic heterocycles. The maximum Gasteiger partial charge on any atom is 0.188 e. The lowest BCUT2D eigenvalue weighted by Crippen LogP contribution is -2.04. The van der Waals surface area contributed by atoms with Gasteiger partial charge in [0.15, 0.2) is 11.6 Å². The molecule has 0 saturated carbocycles. The van der Waals surface area contributed by atoms with Crippen LogP contribution in [0.1, 0.15) is 34.6 Å². The second kappa shape index (κ2) is 5.25. The van der Waals surface area contributed by atoms with Crippen molar-refractivity contribution >= 4 is 22.3 Å². The van der Waals surface area contributed by atoms with E-state index in [0.717, 1.165) is 10.8 Å². The maximum atomic E-state index is 12.2. The van der Waals surface area contributed by atoms with Gasteiger partial charge < -0.3 is 0 Å². The second-order valence-corrected chi connectivity index (χ2v) is 4.93. The minimum absolute atomic E-state index is 0.101. The Bertz CT molecular complexity index is 686. The highest BCUT2D eigenvalue weighted by atomic mass is 16.1. The van der Waals surface area contributed by atoms with Gasteiger partial charge in [0, 0.05) is 11.1 Å². The Kier molecular flexibility index (Phi) is 3.66. The summed E-state index contributed by atoms with van der Waals surface area (Å²) < 4.78 is 0. The molecule has 0 aliphatic carbocycles. The number of ketones is 2. The van der Waals surface area contributed by atoms with Crippen LogP contribution in [0.25, 0.3) is 10.8 Å². The van der Waals surface area contributed by atoms with Crippen molar-refractivity contribution in [1.82, 2.24) is 0 Å². The molecule has 2 heteroatoms. The molecule has 2 aromatic rings. The third-order valence-corrected chi connectivity index (χ3v) is 3.19. The van der Waals surface area contributed by atoms with E-state index in [1.54, 1.807) is 38.1 Å². The van der Waals surface area contributed by atoms with Gasteiger partial charge in [0.05, 0.1) is 0 Å².